The standard InChI is InChI=1S/C52H33GeN3S/c1-4-18-34(19-5-1)52-54-49(48-39-25-10-14-28-42(39)53(51(48)55-52,35-20-6-2-7-21-35)36-22-8-3-9-23-36)41-27-12-16-30-44(41)56-43-29-15-11-26-40(43)47-45(56)33-32-38-37-24-13-17-31-46(37)57-50(38)47/h1-33H. The van der Waals surface area contributed by atoms with Crippen LogP contribution in [0.2, 0.25) is 0 Å². The number of nitrogens with zero attached hydrogens (tertiary/aromatic N) is 3. The third kappa shape index (κ3) is 4.66. The van der Waals surface area contributed by atoms with Crippen LogP contribution < -0.4 is 17.7 Å². The number of benzene rings is 8. The van der Waals surface area contributed by atoms with Crippen molar-refractivity contribution in [2.24, 2.45) is 0 Å². The Morgan fingerprint density at radius 2 is 1.07 bits per heavy atom. The van der Waals surface area contributed by atoms with Crippen molar-refractivity contribution in [2.75, 3.05) is 0 Å². The molecule has 0 saturated carbocycles. The van der Waals surface area contributed by atoms with Gasteiger partial charge in [0.15, 0.2) is 0 Å². The molecular weight excluding hydrogens is 771 g/mol. The van der Waals surface area contributed by atoms with Gasteiger partial charge in [0, 0.05) is 0 Å². The molecule has 12 rings (SSSR count). The molecule has 266 valence electrons. The molecule has 1 aliphatic rings. The fourth-order valence-corrected chi connectivity index (χ4v) is 21.3. The molecule has 0 saturated heterocycles. The van der Waals surface area contributed by atoms with Gasteiger partial charge in [0.1, 0.15) is 0 Å². The van der Waals surface area contributed by atoms with Crippen molar-refractivity contribution in [3.05, 3.63) is 200 Å². The van der Waals surface area contributed by atoms with Crippen LogP contribution in [0.4, 0.5) is 0 Å². The van der Waals surface area contributed by atoms with Gasteiger partial charge in [-0.3, -0.25) is 0 Å². The van der Waals surface area contributed by atoms with Crippen molar-refractivity contribution >= 4 is 84.3 Å². The van der Waals surface area contributed by atoms with E-state index in [0.717, 1.165) is 33.9 Å². The maximum absolute atomic E-state index is 5.74. The normalized spacial score (nSPS) is 13.1. The molecular formula is C52H33GeN3S. The van der Waals surface area contributed by atoms with Crippen molar-refractivity contribution in [2.45, 2.75) is 0 Å². The van der Waals surface area contributed by atoms with E-state index in [1.54, 1.807) is 0 Å². The van der Waals surface area contributed by atoms with Crippen molar-refractivity contribution in [1.29, 1.82) is 0 Å². The number of fused-ring (bicyclic) bond motifs is 10. The zero-order valence-corrected chi connectivity index (χ0v) is 33.7. The number of hydrogen-bond acceptors (Lipinski definition) is 3. The first-order chi connectivity index (χ1) is 28.3. The summed E-state index contributed by atoms with van der Waals surface area (Å²) < 4.78 is 10.4. The van der Waals surface area contributed by atoms with Crippen LogP contribution in [0, 0.1) is 0 Å². The Bertz CT molecular complexity index is 3310. The van der Waals surface area contributed by atoms with Crippen LogP contribution in [0.3, 0.4) is 0 Å². The molecule has 0 spiro atoms. The molecule has 0 bridgehead atoms. The van der Waals surface area contributed by atoms with E-state index in [4.69, 9.17) is 9.97 Å². The first-order valence-corrected chi connectivity index (χ1v) is 24.4. The molecule has 0 aliphatic carbocycles. The fraction of sp³-hybridized carbons (Fsp3) is 0. The van der Waals surface area contributed by atoms with Crippen LogP contribution in [0.5, 0.6) is 0 Å². The van der Waals surface area contributed by atoms with E-state index in [2.05, 4.69) is 205 Å². The Labute approximate surface area is 336 Å². The van der Waals surface area contributed by atoms with E-state index in [1.807, 2.05) is 11.3 Å². The second-order valence-corrected chi connectivity index (χ2v) is 23.6. The molecule has 5 heteroatoms. The summed E-state index contributed by atoms with van der Waals surface area (Å²) in [5, 5.41) is 5.17. The zero-order valence-electron chi connectivity index (χ0n) is 30.8. The van der Waals surface area contributed by atoms with Gasteiger partial charge in [-0.2, -0.15) is 0 Å². The summed E-state index contributed by atoms with van der Waals surface area (Å²) in [5.74, 6) is 0.753. The van der Waals surface area contributed by atoms with Crippen LogP contribution in [0.15, 0.2) is 200 Å². The summed E-state index contributed by atoms with van der Waals surface area (Å²) >= 11 is -1.83. The first kappa shape index (κ1) is 32.6. The third-order valence-electron chi connectivity index (χ3n) is 11.9. The molecule has 0 N–H and O–H groups in total. The van der Waals surface area contributed by atoms with Gasteiger partial charge >= 0.3 is 326 Å². The average molecular weight is 805 g/mol. The fourth-order valence-electron chi connectivity index (χ4n) is 9.54. The van der Waals surface area contributed by atoms with Gasteiger partial charge in [-0.05, 0) is 0 Å². The van der Waals surface area contributed by atoms with Gasteiger partial charge in [0.2, 0.25) is 0 Å². The summed E-state index contributed by atoms with van der Waals surface area (Å²) in [6, 6.07) is 73.2. The molecule has 0 radical (unpaired) electrons. The van der Waals surface area contributed by atoms with E-state index < -0.39 is 13.3 Å². The molecule has 11 aromatic rings. The molecule has 0 atom stereocenters. The minimum absolute atomic E-state index is 0.753. The van der Waals surface area contributed by atoms with E-state index in [-0.39, 0.29) is 0 Å². The number of rotatable bonds is 5. The third-order valence-corrected chi connectivity index (χ3v) is 23.0. The maximum atomic E-state index is 5.74. The van der Waals surface area contributed by atoms with Crippen molar-refractivity contribution in [3.8, 4) is 39.5 Å². The van der Waals surface area contributed by atoms with Crippen molar-refractivity contribution < 1.29 is 0 Å². The van der Waals surface area contributed by atoms with Crippen molar-refractivity contribution in [3.63, 3.8) is 0 Å². The molecule has 0 amide bonds. The Morgan fingerprint density at radius 3 is 1.84 bits per heavy atom. The monoisotopic (exact) mass is 805 g/mol. The average Bonchev–Trinajstić information content (AvgIpc) is 3.93. The molecule has 0 unspecified atom stereocenters. The first-order valence-electron chi connectivity index (χ1n) is 19.4. The Hall–Kier alpha value is -6.60. The van der Waals surface area contributed by atoms with Crippen LogP contribution in [0.25, 0.3) is 81.4 Å². The van der Waals surface area contributed by atoms with E-state index in [1.165, 1.54) is 65.3 Å². The number of para-hydroxylation sites is 2. The summed E-state index contributed by atoms with van der Waals surface area (Å²) in [4.78, 5) is 11.4. The topological polar surface area (TPSA) is 30.7 Å². The Kier molecular flexibility index (Phi) is 7.28. The molecule has 8 aromatic carbocycles. The second kappa shape index (κ2) is 12.7. The quantitative estimate of drug-likeness (QED) is 0.162. The van der Waals surface area contributed by atoms with Crippen LogP contribution in [-0.2, 0) is 0 Å². The Balaban J connectivity index is 1.22. The van der Waals surface area contributed by atoms with Gasteiger partial charge in [0.25, 0.3) is 0 Å². The second-order valence-electron chi connectivity index (χ2n) is 14.8. The van der Waals surface area contributed by atoms with E-state index >= 15 is 0 Å². The molecule has 0 fully saturated rings. The molecule has 57 heavy (non-hydrogen) atoms. The zero-order chi connectivity index (χ0) is 37.5. The number of hydrogen-bond donors (Lipinski definition) is 0. The SMILES string of the molecule is c1ccc(-c2nc(-c3ccccc3-n3c4ccccc4c4c5sc6ccccc6c5ccc43)c3[c](n2)[Ge]([c]2ccccc2)([c]2ccccc2)[c]2ccccc2-3)cc1. The van der Waals surface area contributed by atoms with Gasteiger partial charge in [-0.25, -0.2) is 0 Å². The predicted octanol–water partition coefficient (Wildman–Crippen LogP) is 10.6. The summed E-state index contributed by atoms with van der Waals surface area (Å²) in [7, 11) is 0. The van der Waals surface area contributed by atoms with Crippen LogP contribution in [0.1, 0.15) is 0 Å². The minimum atomic E-state index is -3.72. The molecule has 3 aromatic heterocycles. The number of thiophene rings is 1. The molecule has 1 aliphatic heterocycles. The van der Waals surface area contributed by atoms with E-state index in [9.17, 15) is 0 Å². The Morgan fingerprint density at radius 1 is 0.456 bits per heavy atom. The van der Waals surface area contributed by atoms with Crippen molar-refractivity contribution in [1.82, 2.24) is 14.5 Å². The molecule has 3 nitrogen and oxygen atoms in total. The summed E-state index contributed by atoms with van der Waals surface area (Å²) in [6.07, 6.45) is 0. The van der Waals surface area contributed by atoms with Crippen LogP contribution in [-0.4, -0.2) is 27.8 Å². The summed E-state index contributed by atoms with van der Waals surface area (Å²) in [6.45, 7) is 0. The number of aromatic nitrogens is 3. The predicted molar refractivity (Wildman–Crippen MR) is 243 cm³/mol. The van der Waals surface area contributed by atoms with Gasteiger partial charge in [-0.15, -0.1) is 0 Å². The van der Waals surface area contributed by atoms with E-state index in [0.29, 0.717) is 0 Å². The van der Waals surface area contributed by atoms with Gasteiger partial charge < -0.3 is 0 Å². The summed E-state index contributed by atoms with van der Waals surface area (Å²) in [5.41, 5.74) is 8.92. The molecule has 4 heterocycles. The van der Waals surface area contributed by atoms with Gasteiger partial charge in [-0.1, -0.05) is 12.1 Å². The van der Waals surface area contributed by atoms with Crippen LogP contribution >= 0.6 is 11.3 Å². The van der Waals surface area contributed by atoms with Gasteiger partial charge in [0.05, 0.1) is 0 Å².